The van der Waals surface area contributed by atoms with Crippen LogP contribution in [0.15, 0.2) is 12.1 Å². The van der Waals surface area contributed by atoms with Crippen molar-refractivity contribution in [3.8, 4) is 0 Å². The molecule has 102 valence electrons. The molecule has 2 heterocycles. The van der Waals surface area contributed by atoms with E-state index in [0.29, 0.717) is 18.7 Å². The SMILES string of the molecule is [2H]C([2H])(O)C1CNCC(c2ccc3c(c2C)COC3=O)N1. The van der Waals surface area contributed by atoms with Gasteiger partial charge in [0.05, 0.1) is 14.9 Å². The van der Waals surface area contributed by atoms with Gasteiger partial charge >= 0.3 is 5.97 Å². The van der Waals surface area contributed by atoms with Gasteiger partial charge in [0.15, 0.2) is 0 Å². The fourth-order valence-electron chi connectivity index (χ4n) is 2.76. The van der Waals surface area contributed by atoms with Crippen molar-refractivity contribution in [3.05, 3.63) is 34.4 Å². The summed E-state index contributed by atoms with van der Waals surface area (Å²) < 4.78 is 19.9. The molecule has 2 unspecified atom stereocenters. The van der Waals surface area contributed by atoms with Gasteiger partial charge in [0.2, 0.25) is 0 Å². The topological polar surface area (TPSA) is 70.6 Å². The van der Waals surface area contributed by atoms with E-state index in [1.54, 1.807) is 6.07 Å². The summed E-state index contributed by atoms with van der Waals surface area (Å²) in [6, 6.07) is 2.83. The number of rotatable bonds is 2. The predicted octanol–water partition coefficient (Wildman–Crippen LogP) is 0.260. The summed E-state index contributed by atoms with van der Waals surface area (Å²) in [6.45, 7) is 0.954. The van der Waals surface area contributed by atoms with Gasteiger partial charge in [-0.25, -0.2) is 4.79 Å². The van der Waals surface area contributed by atoms with Crippen LogP contribution in [0, 0.1) is 6.92 Å². The lowest BCUT2D eigenvalue weighted by Gasteiger charge is -2.32. The van der Waals surface area contributed by atoms with Crippen LogP contribution in [-0.4, -0.2) is 36.8 Å². The molecule has 1 fully saturated rings. The Balaban J connectivity index is 1.89. The zero-order valence-corrected chi connectivity index (χ0v) is 10.7. The van der Waals surface area contributed by atoms with Crippen LogP contribution in [0.1, 0.15) is 35.8 Å². The quantitative estimate of drug-likeness (QED) is 0.668. The highest BCUT2D eigenvalue weighted by Gasteiger charge is 2.28. The Kier molecular flexibility index (Phi) is 2.69. The molecule has 3 N–H and O–H groups in total. The smallest absolute Gasteiger partial charge is 0.338 e. The molecule has 5 heteroatoms. The minimum atomic E-state index is -2.28. The third-order valence-corrected chi connectivity index (χ3v) is 3.84. The summed E-state index contributed by atoms with van der Waals surface area (Å²) in [4.78, 5) is 11.6. The van der Waals surface area contributed by atoms with E-state index in [0.717, 1.165) is 16.7 Å². The van der Waals surface area contributed by atoms with E-state index in [1.807, 2.05) is 13.0 Å². The van der Waals surface area contributed by atoms with Gasteiger partial charge in [-0.05, 0) is 24.1 Å². The first-order chi connectivity index (χ1) is 9.88. The number of hydrogen-bond acceptors (Lipinski definition) is 5. The van der Waals surface area contributed by atoms with E-state index in [1.165, 1.54) is 0 Å². The molecular formula is C14H18N2O3. The first-order valence-corrected chi connectivity index (χ1v) is 6.36. The van der Waals surface area contributed by atoms with Crippen LogP contribution in [0.4, 0.5) is 0 Å². The van der Waals surface area contributed by atoms with Crippen molar-refractivity contribution in [1.29, 1.82) is 0 Å². The Morgan fingerprint density at radius 2 is 2.37 bits per heavy atom. The Morgan fingerprint density at radius 3 is 3.16 bits per heavy atom. The third kappa shape index (κ3) is 2.14. The van der Waals surface area contributed by atoms with Gasteiger partial charge in [-0.3, -0.25) is 0 Å². The van der Waals surface area contributed by atoms with E-state index >= 15 is 0 Å². The highest BCUT2D eigenvalue weighted by Crippen LogP contribution is 2.29. The normalized spacial score (nSPS) is 28.4. The van der Waals surface area contributed by atoms with E-state index in [4.69, 9.17) is 7.48 Å². The highest BCUT2D eigenvalue weighted by atomic mass is 16.5. The highest BCUT2D eigenvalue weighted by molar-refractivity contribution is 5.93. The van der Waals surface area contributed by atoms with Crippen molar-refractivity contribution < 1.29 is 17.4 Å². The fraction of sp³-hybridized carbons (Fsp3) is 0.500. The van der Waals surface area contributed by atoms with E-state index in [-0.39, 0.29) is 18.6 Å². The molecule has 3 rings (SSSR count). The zero-order chi connectivity index (χ0) is 15.2. The molecule has 0 spiro atoms. The second kappa shape index (κ2) is 4.92. The summed E-state index contributed by atoms with van der Waals surface area (Å²) in [5.41, 5.74) is 3.48. The average molecular weight is 264 g/mol. The molecule has 1 aromatic rings. The number of piperazine rings is 1. The molecule has 0 radical (unpaired) electrons. The van der Waals surface area contributed by atoms with Crippen molar-refractivity contribution in [2.45, 2.75) is 25.6 Å². The van der Waals surface area contributed by atoms with Crippen molar-refractivity contribution in [1.82, 2.24) is 10.6 Å². The predicted molar refractivity (Wildman–Crippen MR) is 69.9 cm³/mol. The maximum absolute atomic E-state index is 11.6. The lowest BCUT2D eigenvalue weighted by atomic mass is 9.93. The van der Waals surface area contributed by atoms with E-state index < -0.39 is 12.6 Å². The molecule has 2 aliphatic heterocycles. The Bertz CT molecular complexity index is 586. The largest absolute Gasteiger partial charge is 0.457 e. The maximum atomic E-state index is 11.6. The van der Waals surface area contributed by atoms with Gasteiger partial charge in [-0.15, -0.1) is 0 Å². The Labute approximate surface area is 114 Å². The van der Waals surface area contributed by atoms with Gasteiger partial charge in [0, 0.05) is 30.7 Å². The zero-order valence-electron chi connectivity index (χ0n) is 12.7. The van der Waals surface area contributed by atoms with Crippen LogP contribution in [-0.2, 0) is 11.3 Å². The molecule has 5 nitrogen and oxygen atoms in total. The summed E-state index contributed by atoms with van der Waals surface area (Å²) >= 11 is 0. The fourth-order valence-corrected chi connectivity index (χ4v) is 2.76. The Morgan fingerprint density at radius 1 is 1.53 bits per heavy atom. The lowest BCUT2D eigenvalue weighted by Crippen LogP contribution is -2.52. The van der Waals surface area contributed by atoms with Crippen molar-refractivity contribution >= 4 is 5.97 Å². The number of ether oxygens (including phenoxy) is 1. The third-order valence-electron chi connectivity index (χ3n) is 3.84. The number of nitrogens with one attached hydrogen (secondary N) is 2. The molecular weight excluding hydrogens is 244 g/mol. The minimum absolute atomic E-state index is 0.119. The standard InChI is InChI=1S/C14H18N2O3/c1-8-10(13-5-15-4-9(6-17)16-13)2-3-11-12(8)7-19-14(11)18/h2-3,9,13,15-17H,4-7H2,1H3/i6D2. The molecule has 1 saturated heterocycles. The average Bonchev–Trinajstić information content (AvgIpc) is 2.81. The van der Waals surface area contributed by atoms with Gasteiger partial charge in [-0.2, -0.15) is 0 Å². The number of carbonyl (C=O) groups excluding carboxylic acids is 1. The molecule has 0 saturated carbocycles. The number of benzene rings is 1. The van der Waals surface area contributed by atoms with Gasteiger partial charge < -0.3 is 20.5 Å². The monoisotopic (exact) mass is 264 g/mol. The number of cyclic esters (lactones) is 1. The van der Waals surface area contributed by atoms with Crippen LogP contribution < -0.4 is 10.6 Å². The van der Waals surface area contributed by atoms with Crippen molar-refractivity contribution in [2.24, 2.45) is 0 Å². The first-order valence-electron chi connectivity index (χ1n) is 7.36. The van der Waals surface area contributed by atoms with Crippen molar-refractivity contribution in [3.63, 3.8) is 0 Å². The van der Waals surface area contributed by atoms with Gasteiger partial charge in [0.25, 0.3) is 0 Å². The number of fused-ring (bicyclic) bond motifs is 1. The number of hydrogen-bond donors (Lipinski definition) is 3. The molecule has 0 amide bonds. The van der Waals surface area contributed by atoms with Crippen LogP contribution in [0.3, 0.4) is 0 Å². The second-order valence-corrected chi connectivity index (χ2v) is 4.94. The van der Waals surface area contributed by atoms with Gasteiger partial charge in [-0.1, -0.05) is 6.07 Å². The molecule has 0 aromatic heterocycles. The summed E-state index contributed by atoms with van der Waals surface area (Å²) in [5.74, 6) is -0.293. The maximum Gasteiger partial charge on any atom is 0.338 e. The van der Waals surface area contributed by atoms with Crippen LogP contribution in [0.25, 0.3) is 0 Å². The van der Waals surface area contributed by atoms with Gasteiger partial charge in [0.1, 0.15) is 6.61 Å². The number of esters is 1. The molecule has 1 aromatic carbocycles. The Hall–Kier alpha value is -1.43. The van der Waals surface area contributed by atoms with Crippen molar-refractivity contribution in [2.75, 3.05) is 19.6 Å². The summed E-state index contributed by atoms with van der Waals surface area (Å²) in [6.07, 6.45) is 0. The van der Waals surface area contributed by atoms with E-state index in [2.05, 4.69) is 10.6 Å². The molecule has 0 bridgehead atoms. The molecule has 2 aliphatic rings. The number of carbonyl (C=O) groups is 1. The molecule has 0 aliphatic carbocycles. The van der Waals surface area contributed by atoms with Crippen LogP contribution >= 0.6 is 0 Å². The van der Waals surface area contributed by atoms with E-state index in [9.17, 15) is 9.90 Å². The second-order valence-electron chi connectivity index (χ2n) is 4.94. The minimum Gasteiger partial charge on any atom is -0.457 e. The first kappa shape index (κ1) is 10.4. The molecule has 2 atom stereocenters. The summed E-state index contributed by atoms with van der Waals surface area (Å²) in [5, 5.41) is 15.8. The van der Waals surface area contributed by atoms with Crippen LogP contribution in [0.5, 0.6) is 0 Å². The van der Waals surface area contributed by atoms with Crippen LogP contribution in [0.2, 0.25) is 0 Å². The lowest BCUT2D eigenvalue weighted by molar-refractivity contribution is 0.0535. The summed E-state index contributed by atoms with van der Waals surface area (Å²) in [7, 11) is 0. The molecule has 19 heavy (non-hydrogen) atoms. The number of aliphatic hydroxyl groups is 1.